The van der Waals surface area contributed by atoms with Crippen molar-refractivity contribution in [1.82, 2.24) is 10.3 Å². The third-order valence-corrected chi connectivity index (χ3v) is 7.23. The molecule has 0 aliphatic heterocycles. The van der Waals surface area contributed by atoms with Crippen molar-refractivity contribution in [2.24, 2.45) is 0 Å². The number of aryl methyl sites for hydroxylation is 1. The average Bonchev–Trinajstić information content (AvgIpc) is 2.98. The lowest BCUT2D eigenvalue weighted by Crippen LogP contribution is -2.20. The number of carbonyl (C=O) groups is 1. The van der Waals surface area contributed by atoms with Crippen LogP contribution in [0.2, 0.25) is 0 Å². The number of para-hydroxylation sites is 2. The zero-order valence-electron chi connectivity index (χ0n) is 23.3. The molecule has 1 amide bonds. The summed E-state index contributed by atoms with van der Waals surface area (Å²) in [7, 11) is 3.26. The van der Waals surface area contributed by atoms with Gasteiger partial charge in [0.15, 0.2) is 16.9 Å². The van der Waals surface area contributed by atoms with E-state index in [0.29, 0.717) is 16.6 Å². The second-order valence-electron chi connectivity index (χ2n) is 9.89. The maximum absolute atomic E-state index is 14.4. The van der Waals surface area contributed by atoms with Crippen molar-refractivity contribution in [2.75, 3.05) is 32.6 Å². The highest BCUT2D eigenvalue weighted by Gasteiger charge is 2.16. The van der Waals surface area contributed by atoms with Gasteiger partial charge in [0.1, 0.15) is 5.82 Å². The normalized spacial score (nSPS) is 11.1. The predicted molar refractivity (Wildman–Crippen MR) is 161 cm³/mol. The number of aromatic amines is 1. The molecule has 0 aliphatic carbocycles. The van der Waals surface area contributed by atoms with Crippen LogP contribution < -0.4 is 25.5 Å². The van der Waals surface area contributed by atoms with E-state index in [9.17, 15) is 14.0 Å². The van der Waals surface area contributed by atoms with E-state index in [1.807, 2.05) is 37.3 Å². The fourth-order valence-electron chi connectivity index (χ4n) is 5.01. The summed E-state index contributed by atoms with van der Waals surface area (Å²) in [4.78, 5) is 29.2. The third-order valence-electron chi connectivity index (χ3n) is 7.23. The van der Waals surface area contributed by atoms with Gasteiger partial charge in [-0.1, -0.05) is 30.3 Å². The van der Waals surface area contributed by atoms with Crippen LogP contribution in [0.25, 0.3) is 21.8 Å². The fourth-order valence-corrected chi connectivity index (χ4v) is 5.01. The number of benzene rings is 4. The lowest BCUT2D eigenvalue weighted by Gasteiger charge is -2.13. The topological polar surface area (TPSA) is 92.5 Å². The molecule has 5 aromatic rings. The van der Waals surface area contributed by atoms with Gasteiger partial charge in [-0.3, -0.25) is 9.59 Å². The molecule has 5 rings (SSSR count). The Balaban J connectivity index is 1.22. The number of halogens is 1. The predicted octanol–water partition coefficient (Wildman–Crippen LogP) is 5.77. The van der Waals surface area contributed by atoms with E-state index < -0.39 is 5.82 Å². The van der Waals surface area contributed by atoms with Gasteiger partial charge in [-0.2, -0.15) is 0 Å². The monoisotopic (exact) mass is 553 g/mol. The van der Waals surface area contributed by atoms with Crippen LogP contribution in [-0.2, 0) is 12.8 Å². The van der Waals surface area contributed by atoms with Gasteiger partial charge in [0.05, 0.1) is 30.8 Å². The van der Waals surface area contributed by atoms with Crippen LogP contribution in [0.15, 0.2) is 77.6 Å². The summed E-state index contributed by atoms with van der Waals surface area (Å²) in [6.07, 6.45) is 1.70. The molecule has 0 atom stereocenters. The highest BCUT2D eigenvalue weighted by molar-refractivity contribution is 6.13. The second kappa shape index (κ2) is 12.2. The minimum absolute atomic E-state index is 0.0862. The molecule has 0 saturated carbocycles. The van der Waals surface area contributed by atoms with Crippen LogP contribution in [0.3, 0.4) is 0 Å². The molecule has 1 aromatic heterocycles. The van der Waals surface area contributed by atoms with Gasteiger partial charge >= 0.3 is 0 Å². The summed E-state index contributed by atoms with van der Waals surface area (Å²) in [5.41, 5.74) is 4.25. The molecular weight excluding hydrogens is 521 g/mol. The Morgan fingerprint density at radius 1 is 0.829 bits per heavy atom. The highest BCUT2D eigenvalue weighted by Crippen LogP contribution is 2.27. The van der Waals surface area contributed by atoms with Gasteiger partial charge in [0.2, 0.25) is 0 Å². The largest absolute Gasteiger partial charge is 0.493 e. The minimum atomic E-state index is -0.543. The number of amides is 1. The van der Waals surface area contributed by atoms with Crippen LogP contribution >= 0.6 is 0 Å². The van der Waals surface area contributed by atoms with Gasteiger partial charge in [-0.05, 0) is 92.0 Å². The number of hydrogen-bond acceptors (Lipinski definition) is 5. The number of H-pyrrole nitrogens is 1. The first-order chi connectivity index (χ1) is 19.9. The molecular formula is C33H32FN3O4. The number of anilines is 1. The van der Waals surface area contributed by atoms with Gasteiger partial charge in [0, 0.05) is 16.5 Å². The maximum Gasteiger partial charge on any atom is 0.257 e. The van der Waals surface area contributed by atoms with Gasteiger partial charge in [0.25, 0.3) is 5.91 Å². The van der Waals surface area contributed by atoms with E-state index in [1.54, 1.807) is 38.5 Å². The van der Waals surface area contributed by atoms with E-state index >= 15 is 0 Å². The molecule has 210 valence electrons. The van der Waals surface area contributed by atoms with Crippen molar-refractivity contribution in [3.05, 3.63) is 111 Å². The standard InChI is InChI=1S/C33H32FN3O4/c1-20-18-21(14-16-35-17-15-22-11-13-28(40-2)29(19-22)41-3)10-12-27(20)36-33(39)25-8-4-6-23-30(25)37-31-24(32(23)38)7-5-9-26(31)34/h4-13,18-19,35H,14-17H2,1-3H3,(H,36,39)(H,37,38). The number of methoxy groups -OCH3 is 2. The molecule has 0 radical (unpaired) electrons. The quantitative estimate of drug-likeness (QED) is 0.151. The number of carbonyl (C=O) groups excluding carboxylic acids is 1. The smallest absolute Gasteiger partial charge is 0.257 e. The summed E-state index contributed by atoms with van der Waals surface area (Å²) < 4.78 is 25.1. The van der Waals surface area contributed by atoms with E-state index in [0.717, 1.165) is 48.6 Å². The number of rotatable bonds is 10. The van der Waals surface area contributed by atoms with Crippen LogP contribution in [-0.4, -0.2) is 38.2 Å². The number of ether oxygens (including phenoxy) is 2. The third kappa shape index (κ3) is 5.93. The second-order valence-corrected chi connectivity index (χ2v) is 9.89. The van der Waals surface area contributed by atoms with Gasteiger partial charge in [-0.25, -0.2) is 4.39 Å². The molecule has 0 bridgehead atoms. The molecule has 7 nitrogen and oxygen atoms in total. The fraction of sp³-hybridized carbons (Fsp3) is 0.212. The summed E-state index contributed by atoms with van der Waals surface area (Å²) in [5.74, 6) is 0.521. The van der Waals surface area contributed by atoms with Crippen molar-refractivity contribution < 1.29 is 18.7 Å². The summed E-state index contributed by atoms with van der Waals surface area (Å²) in [6.45, 7) is 3.58. The molecule has 0 spiro atoms. The summed E-state index contributed by atoms with van der Waals surface area (Å²) in [5, 5.41) is 7.01. The first-order valence-electron chi connectivity index (χ1n) is 13.5. The molecule has 3 N–H and O–H groups in total. The Morgan fingerprint density at radius 3 is 2.20 bits per heavy atom. The highest BCUT2D eigenvalue weighted by atomic mass is 19.1. The first-order valence-corrected chi connectivity index (χ1v) is 13.5. The Labute approximate surface area is 237 Å². The van der Waals surface area contributed by atoms with Crippen molar-refractivity contribution in [1.29, 1.82) is 0 Å². The number of aromatic nitrogens is 1. The molecule has 1 heterocycles. The number of pyridine rings is 1. The van der Waals surface area contributed by atoms with Crippen molar-refractivity contribution >= 4 is 33.4 Å². The van der Waals surface area contributed by atoms with Crippen molar-refractivity contribution in [2.45, 2.75) is 19.8 Å². The van der Waals surface area contributed by atoms with Crippen molar-refractivity contribution in [3.8, 4) is 11.5 Å². The Bertz CT molecular complexity index is 1800. The van der Waals surface area contributed by atoms with Crippen LogP contribution in [0.4, 0.5) is 10.1 Å². The van der Waals surface area contributed by atoms with E-state index in [2.05, 4.69) is 21.7 Å². The lowest BCUT2D eigenvalue weighted by molar-refractivity contribution is 0.102. The van der Waals surface area contributed by atoms with E-state index in [1.165, 1.54) is 17.7 Å². The minimum Gasteiger partial charge on any atom is -0.493 e. The molecule has 4 aromatic carbocycles. The molecule has 0 saturated heterocycles. The summed E-state index contributed by atoms with van der Waals surface area (Å²) >= 11 is 0. The molecule has 41 heavy (non-hydrogen) atoms. The van der Waals surface area contributed by atoms with E-state index in [4.69, 9.17) is 9.47 Å². The SMILES string of the molecule is COc1ccc(CCNCCc2ccc(NC(=O)c3cccc4c(=O)c5cccc(F)c5[nH]c34)c(C)c2)cc1OC. The molecule has 0 aliphatic rings. The zero-order chi connectivity index (χ0) is 28.9. The van der Waals surface area contributed by atoms with Crippen LogP contribution in [0, 0.1) is 12.7 Å². The van der Waals surface area contributed by atoms with E-state index in [-0.39, 0.29) is 27.8 Å². The molecule has 0 unspecified atom stereocenters. The Hall–Kier alpha value is -4.69. The summed E-state index contributed by atoms with van der Waals surface area (Å²) in [6, 6.07) is 21.1. The first kappa shape index (κ1) is 27.9. The molecule has 8 heteroatoms. The van der Waals surface area contributed by atoms with Crippen molar-refractivity contribution in [3.63, 3.8) is 0 Å². The lowest BCUT2D eigenvalue weighted by atomic mass is 10.0. The molecule has 0 fully saturated rings. The van der Waals surface area contributed by atoms with Crippen LogP contribution in [0.1, 0.15) is 27.0 Å². The zero-order valence-corrected chi connectivity index (χ0v) is 23.3. The average molecular weight is 554 g/mol. The van der Waals surface area contributed by atoms with Gasteiger partial charge < -0.3 is 25.1 Å². The Morgan fingerprint density at radius 2 is 1.49 bits per heavy atom. The number of hydrogen-bond donors (Lipinski definition) is 3. The number of nitrogens with one attached hydrogen (secondary N) is 3. The maximum atomic E-state index is 14.4. The Kier molecular flexibility index (Phi) is 8.31. The van der Waals surface area contributed by atoms with Gasteiger partial charge in [-0.15, -0.1) is 0 Å². The number of fused-ring (bicyclic) bond motifs is 2. The van der Waals surface area contributed by atoms with Crippen LogP contribution in [0.5, 0.6) is 11.5 Å².